The van der Waals surface area contributed by atoms with E-state index in [9.17, 15) is 4.79 Å². The molecule has 1 saturated heterocycles. The number of pyridine rings is 1. The smallest absolute Gasteiger partial charge is 0.252 e. The van der Waals surface area contributed by atoms with Gasteiger partial charge in [-0.1, -0.05) is 12.1 Å². The van der Waals surface area contributed by atoms with E-state index < -0.39 is 5.54 Å². The first-order valence-corrected chi connectivity index (χ1v) is 12.5. The summed E-state index contributed by atoms with van der Waals surface area (Å²) in [6.07, 6.45) is 6.40. The lowest BCUT2D eigenvalue weighted by Gasteiger charge is -2.37. The van der Waals surface area contributed by atoms with Crippen LogP contribution in [0.2, 0.25) is 0 Å². The van der Waals surface area contributed by atoms with Crippen LogP contribution in [0.3, 0.4) is 0 Å². The monoisotopic (exact) mass is 482 g/mol. The molecule has 0 spiro atoms. The Hall–Kier alpha value is -3.71. The predicted molar refractivity (Wildman–Crippen MR) is 138 cm³/mol. The molecule has 1 aliphatic heterocycles. The van der Waals surface area contributed by atoms with E-state index in [1.807, 2.05) is 44.2 Å². The van der Waals surface area contributed by atoms with Crippen molar-refractivity contribution in [3.05, 3.63) is 77.4 Å². The van der Waals surface area contributed by atoms with Crippen LogP contribution < -0.4 is 10.1 Å². The van der Waals surface area contributed by atoms with Gasteiger partial charge in [0.2, 0.25) is 0 Å². The van der Waals surface area contributed by atoms with Crippen LogP contribution in [-0.2, 0) is 5.54 Å². The highest BCUT2D eigenvalue weighted by molar-refractivity contribution is 5.98. The Labute approximate surface area is 210 Å². The van der Waals surface area contributed by atoms with Crippen molar-refractivity contribution >= 4 is 16.8 Å². The van der Waals surface area contributed by atoms with Crippen LogP contribution in [0.4, 0.5) is 0 Å². The summed E-state index contributed by atoms with van der Waals surface area (Å²) in [7, 11) is 2.11. The van der Waals surface area contributed by atoms with E-state index in [-0.39, 0.29) is 5.91 Å². The Morgan fingerprint density at radius 3 is 2.75 bits per heavy atom. The topological polar surface area (TPSA) is 80.5 Å². The molecule has 2 aromatic carbocycles. The second-order valence-electron chi connectivity index (χ2n) is 10.1. The third-order valence-electron chi connectivity index (χ3n) is 7.58. The van der Waals surface area contributed by atoms with Gasteiger partial charge in [0, 0.05) is 35.7 Å². The number of aromatic nitrogens is 2. The minimum absolute atomic E-state index is 0.0887. The predicted octanol–water partition coefficient (Wildman–Crippen LogP) is 5.01. The minimum Gasteiger partial charge on any atom is -0.492 e. The highest BCUT2D eigenvalue weighted by Gasteiger charge is 2.47. The van der Waals surface area contributed by atoms with Crippen LogP contribution in [0, 0.1) is 13.8 Å². The van der Waals surface area contributed by atoms with Gasteiger partial charge in [0.15, 0.2) is 11.7 Å². The molecule has 7 nitrogen and oxygen atoms in total. The van der Waals surface area contributed by atoms with Gasteiger partial charge in [-0.15, -0.1) is 0 Å². The fourth-order valence-corrected chi connectivity index (χ4v) is 5.00. The molecule has 1 aliphatic carbocycles. The van der Waals surface area contributed by atoms with E-state index in [0.29, 0.717) is 29.9 Å². The summed E-state index contributed by atoms with van der Waals surface area (Å²) in [5.41, 5.74) is 3.96. The number of likely N-dealkylation sites (tertiary alicyclic amines) is 1. The summed E-state index contributed by atoms with van der Waals surface area (Å²) in [5, 5.41) is 4.40. The lowest BCUT2D eigenvalue weighted by atomic mass is 9.95. The number of carbonyl (C=O) groups excluding carboxylic acids is 1. The van der Waals surface area contributed by atoms with Crippen LogP contribution >= 0.6 is 0 Å². The van der Waals surface area contributed by atoms with Crippen molar-refractivity contribution in [1.82, 2.24) is 20.2 Å². The molecule has 2 aromatic heterocycles. The molecule has 36 heavy (non-hydrogen) atoms. The summed E-state index contributed by atoms with van der Waals surface area (Å²) in [5.74, 6) is 1.95. The first kappa shape index (κ1) is 22.7. The van der Waals surface area contributed by atoms with Gasteiger partial charge >= 0.3 is 0 Å². The number of ether oxygens (including phenoxy) is 1. The quantitative estimate of drug-likeness (QED) is 0.399. The number of oxazole rings is 1. The van der Waals surface area contributed by atoms with Gasteiger partial charge < -0.3 is 14.5 Å². The molecule has 184 valence electrons. The third kappa shape index (κ3) is 4.13. The van der Waals surface area contributed by atoms with Crippen LogP contribution in [0.1, 0.15) is 46.6 Å². The molecular formula is C29H30N4O3. The number of hydrogen-bond donors (Lipinski definition) is 1. The normalized spacial score (nSPS) is 18.6. The molecule has 3 heterocycles. The molecule has 2 aliphatic rings. The summed E-state index contributed by atoms with van der Waals surface area (Å²) in [6, 6.07) is 14.3. The Balaban J connectivity index is 1.30. The number of carbonyl (C=O) groups is 1. The van der Waals surface area contributed by atoms with Gasteiger partial charge in [0.1, 0.15) is 12.4 Å². The van der Waals surface area contributed by atoms with Gasteiger partial charge in [-0.25, -0.2) is 4.98 Å². The number of hydrogen-bond acceptors (Lipinski definition) is 6. The van der Waals surface area contributed by atoms with Gasteiger partial charge in [0.25, 0.3) is 5.91 Å². The molecule has 4 aromatic rings. The van der Waals surface area contributed by atoms with Crippen LogP contribution in [0.5, 0.6) is 5.75 Å². The van der Waals surface area contributed by atoms with Gasteiger partial charge in [-0.2, -0.15) is 0 Å². The van der Waals surface area contributed by atoms with Crippen LogP contribution in [0.15, 0.2) is 59.3 Å². The zero-order chi connectivity index (χ0) is 24.9. The van der Waals surface area contributed by atoms with Gasteiger partial charge in [-0.3, -0.25) is 14.7 Å². The summed E-state index contributed by atoms with van der Waals surface area (Å²) < 4.78 is 11.8. The molecule has 1 amide bonds. The summed E-state index contributed by atoms with van der Waals surface area (Å²) in [6.45, 7) is 5.54. The molecule has 0 bridgehead atoms. The van der Waals surface area contributed by atoms with Crippen molar-refractivity contribution in [2.24, 2.45) is 0 Å². The minimum atomic E-state index is -0.443. The number of benzene rings is 2. The summed E-state index contributed by atoms with van der Waals surface area (Å²) in [4.78, 5) is 24.7. The van der Waals surface area contributed by atoms with Gasteiger partial charge in [-0.05, 0) is 81.2 Å². The van der Waals surface area contributed by atoms with Crippen molar-refractivity contribution < 1.29 is 13.9 Å². The van der Waals surface area contributed by atoms with E-state index in [1.54, 1.807) is 12.4 Å². The molecule has 1 N–H and O–H groups in total. The molecular weight excluding hydrogens is 452 g/mol. The molecule has 6 rings (SSSR count). The van der Waals surface area contributed by atoms with Crippen molar-refractivity contribution in [3.8, 4) is 17.1 Å². The number of nitrogens with one attached hydrogen (secondary N) is 1. The molecule has 0 radical (unpaired) electrons. The van der Waals surface area contributed by atoms with E-state index >= 15 is 0 Å². The largest absolute Gasteiger partial charge is 0.492 e. The number of aryl methyl sites for hydroxylation is 2. The van der Waals surface area contributed by atoms with Gasteiger partial charge in [0.05, 0.1) is 17.3 Å². The zero-order valence-electron chi connectivity index (χ0n) is 20.9. The molecule has 0 unspecified atom stereocenters. The SMILES string of the molecule is Cc1ncc(-c2cc(C3(NC(=O)c4cc(OC[C@@H]5CCN5C)ccc4C)CC3)c3cccnc3c2)o1. The second-order valence-corrected chi connectivity index (χ2v) is 10.1. The third-order valence-corrected chi connectivity index (χ3v) is 7.58. The van der Waals surface area contributed by atoms with E-state index in [4.69, 9.17) is 9.15 Å². The van der Waals surface area contributed by atoms with Crippen LogP contribution in [-0.4, -0.2) is 47.0 Å². The number of fused-ring (bicyclic) bond motifs is 1. The highest BCUT2D eigenvalue weighted by atomic mass is 16.5. The maximum atomic E-state index is 13.6. The van der Waals surface area contributed by atoms with Crippen molar-refractivity contribution in [2.75, 3.05) is 20.2 Å². The first-order valence-electron chi connectivity index (χ1n) is 12.5. The lowest BCUT2D eigenvalue weighted by molar-refractivity contribution is 0.0767. The Morgan fingerprint density at radius 2 is 2.06 bits per heavy atom. The average molecular weight is 483 g/mol. The maximum Gasteiger partial charge on any atom is 0.252 e. The van der Waals surface area contributed by atoms with Crippen molar-refractivity contribution in [1.29, 1.82) is 0 Å². The average Bonchev–Trinajstić information content (AvgIpc) is 3.52. The van der Waals surface area contributed by atoms with E-state index in [1.165, 1.54) is 0 Å². The number of amides is 1. The van der Waals surface area contributed by atoms with Crippen LogP contribution in [0.25, 0.3) is 22.2 Å². The fraction of sp³-hybridized carbons (Fsp3) is 0.345. The lowest BCUT2D eigenvalue weighted by Crippen LogP contribution is -2.48. The highest BCUT2D eigenvalue weighted by Crippen LogP contribution is 2.49. The maximum absolute atomic E-state index is 13.6. The van der Waals surface area contributed by atoms with E-state index in [2.05, 4.69) is 39.4 Å². The Morgan fingerprint density at radius 1 is 1.19 bits per heavy atom. The standard InChI is InChI=1S/C29H30N4O3/c1-18-6-7-22(35-17-21-8-12-33(21)3)15-24(18)28(34)32-29(9-10-29)25-13-20(27-16-31-19(2)36-27)14-26-23(25)5-4-11-30-26/h4-7,11,13-16,21H,8-10,12,17H2,1-3H3,(H,32,34)/t21-/m0/s1. The Kier molecular flexibility index (Phi) is 5.52. The number of likely N-dealkylation sites (N-methyl/N-ethyl adjacent to an activating group) is 1. The second kappa shape index (κ2) is 8.75. The number of nitrogens with zero attached hydrogens (tertiary/aromatic N) is 3. The fourth-order valence-electron chi connectivity index (χ4n) is 5.00. The van der Waals surface area contributed by atoms with Crippen molar-refractivity contribution in [3.63, 3.8) is 0 Å². The molecule has 1 atom stereocenters. The summed E-state index contributed by atoms with van der Waals surface area (Å²) >= 11 is 0. The number of rotatable bonds is 7. The molecule has 1 saturated carbocycles. The zero-order valence-corrected chi connectivity index (χ0v) is 20.9. The van der Waals surface area contributed by atoms with E-state index in [0.717, 1.165) is 59.2 Å². The first-order chi connectivity index (χ1) is 17.4. The molecule has 2 fully saturated rings. The van der Waals surface area contributed by atoms with Crippen molar-refractivity contribution in [2.45, 2.75) is 44.7 Å². The molecule has 7 heteroatoms. The Bertz CT molecular complexity index is 1460.